The maximum atomic E-state index is 5.89. The first kappa shape index (κ1) is 12.8. The van der Waals surface area contributed by atoms with Crippen LogP contribution in [0.3, 0.4) is 0 Å². The lowest BCUT2D eigenvalue weighted by Crippen LogP contribution is -2.36. The normalized spacial score (nSPS) is 12.5. The number of likely N-dealkylation sites (N-methyl/N-ethyl adjacent to an activating group) is 1. The van der Waals surface area contributed by atoms with Gasteiger partial charge in [0, 0.05) is 31.6 Å². The summed E-state index contributed by atoms with van der Waals surface area (Å²) in [5, 5.41) is 0. The molecule has 1 aromatic heterocycles. The molecule has 4 heteroatoms. The Hall–Kier alpha value is -1.29. The molecule has 0 aliphatic rings. The molecule has 0 spiro atoms. The van der Waals surface area contributed by atoms with Gasteiger partial charge in [0.05, 0.1) is 12.6 Å². The van der Waals surface area contributed by atoms with Crippen LogP contribution in [-0.2, 0) is 4.74 Å². The molecule has 16 heavy (non-hydrogen) atoms. The van der Waals surface area contributed by atoms with Crippen LogP contribution in [0.4, 0.5) is 11.5 Å². The van der Waals surface area contributed by atoms with Crippen LogP contribution < -0.4 is 10.6 Å². The number of anilines is 2. The van der Waals surface area contributed by atoms with Gasteiger partial charge >= 0.3 is 0 Å². The van der Waals surface area contributed by atoms with Crippen molar-refractivity contribution in [2.24, 2.45) is 0 Å². The molecule has 0 saturated carbocycles. The average Bonchev–Trinajstić information content (AvgIpc) is 2.25. The molecule has 0 saturated heterocycles. The van der Waals surface area contributed by atoms with E-state index in [1.165, 1.54) is 0 Å². The highest BCUT2D eigenvalue weighted by Gasteiger charge is 2.14. The molecule has 2 N–H and O–H groups in total. The van der Waals surface area contributed by atoms with Crippen molar-refractivity contribution in [2.45, 2.75) is 26.8 Å². The van der Waals surface area contributed by atoms with Gasteiger partial charge in [-0.1, -0.05) is 0 Å². The molecule has 0 aliphatic heterocycles. The summed E-state index contributed by atoms with van der Waals surface area (Å²) in [6.07, 6.45) is 1.81. The lowest BCUT2D eigenvalue weighted by Gasteiger charge is -2.28. The lowest BCUT2D eigenvalue weighted by molar-refractivity contribution is 0.181. The Morgan fingerprint density at radius 2 is 2.25 bits per heavy atom. The van der Waals surface area contributed by atoms with Crippen LogP contribution >= 0.6 is 0 Å². The minimum absolute atomic E-state index is 0.296. The number of pyridine rings is 1. The monoisotopic (exact) mass is 223 g/mol. The van der Waals surface area contributed by atoms with Gasteiger partial charge in [-0.25, -0.2) is 4.98 Å². The second-order valence-electron chi connectivity index (χ2n) is 3.99. The molecular formula is C12H21N3O. The standard InChI is InChI=1S/C12H21N3O/c1-5-15(10(3)8-16-4)12-6-11(13)9(2)7-14-12/h6-7,10H,5,8H2,1-4H3,(H2,13,14). The highest BCUT2D eigenvalue weighted by atomic mass is 16.5. The molecule has 0 aliphatic carbocycles. The number of aryl methyl sites for hydroxylation is 1. The minimum Gasteiger partial charge on any atom is -0.398 e. The Labute approximate surface area is 97.4 Å². The van der Waals surface area contributed by atoms with Gasteiger partial charge in [-0.05, 0) is 26.3 Å². The minimum atomic E-state index is 0.296. The van der Waals surface area contributed by atoms with Crippen molar-refractivity contribution in [1.29, 1.82) is 0 Å². The number of aromatic nitrogens is 1. The molecule has 0 radical (unpaired) electrons. The zero-order valence-electron chi connectivity index (χ0n) is 10.5. The summed E-state index contributed by atoms with van der Waals surface area (Å²) in [4.78, 5) is 6.58. The summed E-state index contributed by atoms with van der Waals surface area (Å²) >= 11 is 0. The van der Waals surface area contributed by atoms with Gasteiger partial charge in [-0.15, -0.1) is 0 Å². The highest BCUT2D eigenvalue weighted by molar-refractivity contribution is 5.55. The number of hydrogen-bond acceptors (Lipinski definition) is 4. The zero-order valence-corrected chi connectivity index (χ0v) is 10.5. The van der Waals surface area contributed by atoms with Crippen molar-refractivity contribution < 1.29 is 4.74 Å². The van der Waals surface area contributed by atoms with E-state index in [4.69, 9.17) is 10.5 Å². The van der Waals surface area contributed by atoms with E-state index in [0.717, 1.165) is 23.6 Å². The van der Waals surface area contributed by atoms with Crippen molar-refractivity contribution in [3.8, 4) is 0 Å². The topological polar surface area (TPSA) is 51.4 Å². The Balaban J connectivity index is 2.90. The predicted octanol–water partition coefficient (Wildman–Crippen LogP) is 1.83. The number of hydrogen-bond donors (Lipinski definition) is 1. The maximum absolute atomic E-state index is 5.89. The van der Waals surface area contributed by atoms with Crippen LogP contribution in [0.2, 0.25) is 0 Å². The first-order valence-electron chi connectivity index (χ1n) is 5.57. The molecule has 1 aromatic rings. The second kappa shape index (κ2) is 5.70. The number of ether oxygens (including phenoxy) is 1. The fraction of sp³-hybridized carbons (Fsp3) is 0.583. The fourth-order valence-corrected chi connectivity index (χ4v) is 1.72. The van der Waals surface area contributed by atoms with E-state index in [0.29, 0.717) is 12.6 Å². The smallest absolute Gasteiger partial charge is 0.130 e. The van der Waals surface area contributed by atoms with E-state index in [1.54, 1.807) is 7.11 Å². The summed E-state index contributed by atoms with van der Waals surface area (Å²) in [7, 11) is 1.71. The van der Waals surface area contributed by atoms with Crippen molar-refractivity contribution in [2.75, 3.05) is 30.9 Å². The van der Waals surface area contributed by atoms with Gasteiger partial charge in [0.2, 0.25) is 0 Å². The molecular weight excluding hydrogens is 202 g/mol. The molecule has 1 rings (SSSR count). The molecule has 4 nitrogen and oxygen atoms in total. The van der Waals surface area contributed by atoms with E-state index in [2.05, 4.69) is 23.7 Å². The molecule has 0 aromatic carbocycles. The molecule has 90 valence electrons. The first-order chi connectivity index (χ1) is 7.60. The van der Waals surface area contributed by atoms with Crippen LogP contribution in [0.1, 0.15) is 19.4 Å². The van der Waals surface area contributed by atoms with Crippen molar-refractivity contribution in [3.63, 3.8) is 0 Å². The third kappa shape index (κ3) is 2.85. The summed E-state index contributed by atoms with van der Waals surface area (Å²) in [6.45, 7) is 7.75. The van der Waals surface area contributed by atoms with E-state index < -0.39 is 0 Å². The Kier molecular flexibility index (Phi) is 4.55. The second-order valence-corrected chi connectivity index (χ2v) is 3.99. The van der Waals surface area contributed by atoms with Crippen LogP contribution in [0.25, 0.3) is 0 Å². The Morgan fingerprint density at radius 1 is 1.56 bits per heavy atom. The van der Waals surface area contributed by atoms with Gasteiger partial charge in [0.15, 0.2) is 0 Å². The lowest BCUT2D eigenvalue weighted by atomic mass is 10.2. The van der Waals surface area contributed by atoms with Gasteiger partial charge in [-0.2, -0.15) is 0 Å². The van der Waals surface area contributed by atoms with Gasteiger partial charge in [-0.3, -0.25) is 0 Å². The van der Waals surface area contributed by atoms with Crippen LogP contribution in [0.5, 0.6) is 0 Å². The number of nitrogen functional groups attached to an aromatic ring is 1. The van der Waals surface area contributed by atoms with Crippen LogP contribution in [-0.4, -0.2) is 31.3 Å². The fourth-order valence-electron chi connectivity index (χ4n) is 1.72. The van der Waals surface area contributed by atoms with E-state index >= 15 is 0 Å². The summed E-state index contributed by atoms with van der Waals surface area (Å²) in [6, 6.07) is 2.22. The maximum Gasteiger partial charge on any atom is 0.130 e. The third-order valence-corrected chi connectivity index (χ3v) is 2.71. The van der Waals surface area contributed by atoms with E-state index in [-0.39, 0.29) is 0 Å². The third-order valence-electron chi connectivity index (χ3n) is 2.71. The SMILES string of the molecule is CCN(c1cc(N)c(C)cn1)C(C)COC. The summed E-state index contributed by atoms with van der Waals surface area (Å²) in [5.74, 6) is 0.912. The van der Waals surface area contributed by atoms with Crippen LogP contribution in [0.15, 0.2) is 12.3 Å². The van der Waals surface area contributed by atoms with Gasteiger partial charge in [0.1, 0.15) is 5.82 Å². The Bertz CT molecular complexity index is 341. The highest BCUT2D eigenvalue weighted by Crippen LogP contribution is 2.19. The van der Waals surface area contributed by atoms with E-state index in [9.17, 15) is 0 Å². The van der Waals surface area contributed by atoms with Gasteiger partial charge < -0.3 is 15.4 Å². The summed E-state index contributed by atoms with van der Waals surface area (Å²) in [5.41, 5.74) is 7.69. The first-order valence-corrected chi connectivity index (χ1v) is 5.57. The van der Waals surface area contributed by atoms with Crippen molar-refractivity contribution in [3.05, 3.63) is 17.8 Å². The predicted molar refractivity (Wildman–Crippen MR) is 67.7 cm³/mol. The van der Waals surface area contributed by atoms with Crippen molar-refractivity contribution >= 4 is 11.5 Å². The van der Waals surface area contributed by atoms with Gasteiger partial charge in [0.25, 0.3) is 0 Å². The number of methoxy groups -OCH3 is 1. The molecule has 0 amide bonds. The average molecular weight is 223 g/mol. The zero-order chi connectivity index (χ0) is 12.1. The molecule has 1 atom stereocenters. The molecule has 1 unspecified atom stereocenters. The van der Waals surface area contributed by atoms with Crippen LogP contribution in [0, 0.1) is 6.92 Å². The largest absolute Gasteiger partial charge is 0.398 e. The molecule has 0 bridgehead atoms. The molecule has 1 heterocycles. The van der Waals surface area contributed by atoms with Crippen molar-refractivity contribution in [1.82, 2.24) is 4.98 Å². The Morgan fingerprint density at radius 3 is 2.75 bits per heavy atom. The molecule has 0 fully saturated rings. The quantitative estimate of drug-likeness (QED) is 0.827. The summed E-state index contributed by atoms with van der Waals surface area (Å²) < 4.78 is 5.16. The number of nitrogens with zero attached hydrogens (tertiary/aromatic N) is 2. The number of rotatable bonds is 5. The van der Waals surface area contributed by atoms with E-state index in [1.807, 2.05) is 19.2 Å². The number of nitrogens with two attached hydrogens (primary N) is 1.